The van der Waals surface area contributed by atoms with E-state index in [1.54, 1.807) is 23.9 Å². The molecule has 0 aliphatic heterocycles. The Morgan fingerprint density at radius 1 is 1.30 bits per heavy atom. The Bertz CT molecular complexity index is 544. The monoisotopic (exact) mass is 296 g/mol. The number of aromatic nitrogens is 3. The number of nitrogen functional groups attached to an aromatic ring is 1. The van der Waals surface area contributed by atoms with Crippen molar-refractivity contribution in [3.63, 3.8) is 0 Å². The normalized spacial score (nSPS) is 10.7. The van der Waals surface area contributed by atoms with Crippen LogP contribution in [0.1, 0.15) is 25.6 Å². The van der Waals surface area contributed by atoms with Crippen molar-refractivity contribution in [3.05, 3.63) is 35.9 Å². The highest BCUT2D eigenvalue weighted by Gasteiger charge is 2.10. The summed E-state index contributed by atoms with van der Waals surface area (Å²) in [5.74, 6) is 7.67. The summed E-state index contributed by atoms with van der Waals surface area (Å²) < 4.78 is 19.7. The molecule has 1 aromatic heterocycles. The van der Waals surface area contributed by atoms with Crippen LogP contribution in [0.4, 0.5) is 4.39 Å². The third-order valence-electron chi connectivity index (χ3n) is 2.65. The summed E-state index contributed by atoms with van der Waals surface area (Å²) in [6.45, 7) is 2.33. The number of hydrogen-bond acceptors (Lipinski definition) is 5. The van der Waals surface area contributed by atoms with Gasteiger partial charge in [0.25, 0.3) is 0 Å². The first kappa shape index (κ1) is 14.6. The molecule has 0 aliphatic carbocycles. The van der Waals surface area contributed by atoms with Crippen molar-refractivity contribution in [1.29, 1.82) is 0 Å². The fraction of sp³-hybridized carbons (Fsp3) is 0.385. The molecule has 0 radical (unpaired) electrons. The van der Waals surface area contributed by atoms with Crippen LogP contribution in [0.3, 0.4) is 0 Å². The second-order valence-corrected chi connectivity index (χ2v) is 5.28. The van der Waals surface area contributed by atoms with Gasteiger partial charge in [-0.3, -0.25) is 0 Å². The Balaban J connectivity index is 1.91. The highest BCUT2D eigenvalue weighted by atomic mass is 32.2. The molecule has 0 saturated heterocycles. The first-order chi connectivity index (χ1) is 9.70. The van der Waals surface area contributed by atoms with Gasteiger partial charge in [-0.15, -0.1) is 10.2 Å². The first-order valence-corrected chi connectivity index (χ1v) is 7.39. The Kier molecular flexibility index (Phi) is 5.23. The van der Waals surface area contributed by atoms with Gasteiger partial charge in [0.1, 0.15) is 18.2 Å². The number of nitrogens with zero attached hydrogens (tertiary/aromatic N) is 3. The van der Waals surface area contributed by atoms with Gasteiger partial charge < -0.3 is 10.6 Å². The second kappa shape index (κ2) is 7.14. The van der Waals surface area contributed by atoms with E-state index in [0.717, 1.165) is 18.6 Å². The van der Waals surface area contributed by atoms with Crippen molar-refractivity contribution in [1.82, 2.24) is 14.9 Å². The average Bonchev–Trinajstić information content (AvgIpc) is 2.80. The van der Waals surface area contributed by atoms with Gasteiger partial charge in [-0.2, -0.15) is 0 Å². The molecular formula is C13H17FN4OS. The maximum atomic E-state index is 12.8. The van der Waals surface area contributed by atoms with Gasteiger partial charge in [0.2, 0.25) is 5.16 Å². The minimum absolute atomic E-state index is 0.198. The maximum Gasteiger partial charge on any atom is 0.209 e. The van der Waals surface area contributed by atoms with Crippen LogP contribution in [-0.4, -0.2) is 20.6 Å². The fourth-order valence-electron chi connectivity index (χ4n) is 1.49. The van der Waals surface area contributed by atoms with Gasteiger partial charge in [0.05, 0.1) is 0 Å². The van der Waals surface area contributed by atoms with Gasteiger partial charge in [-0.25, -0.2) is 9.07 Å². The highest BCUT2D eigenvalue weighted by Crippen LogP contribution is 2.17. The van der Waals surface area contributed by atoms with Crippen molar-refractivity contribution in [2.45, 2.75) is 31.5 Å². The van der Waals surface area contributed by atoms with E-state index >= 15 is 0 Å². The number of nitrogens with two attached hydrogens (primary N) is 1. The SMILES string of the molecule is CCCCSc1nnc(COc2ccc(F)cc2)n1N. The standard InChI is InChI=1S/C13H17FN4OS/c1-2-3-8-20-13-17-16-12(18(13)15)9-19-11-6-4-10(14)5-7-11/h4-7H,2-3,8-9,15H2,1H3. The lowest BCUT2D eigenvalue weighted by Crippen LogP contribution is -2.15. The van der Waals surface area contributed by atoms with Gasteiger partial charge in [-0.05, 0) is 30.7 Å². The molecule has 2 aromatic rings. The molecule has 1 aromatic carbocycles. The van der Waals surface area contributed by atoms with E-state index in [9.17, 15) is 4.39 Å². The third kappa shape index (κ3) is 3.86. The van der Waals surface area contributed by atoms with Gasteiger partial charge in [0.15, 0.2) is 5.82 Å². The highest BCUT2D eigenvalue weighted by molar-refractivity contribution is 7.99. The second-order valence-electron chi connectivity index (χ2n) is 4.21. The summed E-state index contributed by atoms with van der Waals surface area (Å²) in [5, 5.41) is 8.70. The first-order valence-electron chi connectivity index (χ1n) is 6.41. The number of halogens is 1. The molecule has 2 rings (SSSR count). The van der Waals surface area contributed by atoms with E-state index in [2.05, 4.69) is 17.1 Å². The minimum Gasteiger partial charge on any atom is -0.486 e. The number of benzene rings is 1. The number of ether oxygens (including phenoxy) is 1. The Morgan fingerprint density at radius 2 is 2.05 bits per heavy atom. The van der Waals surface area contributed by atoms with E-state index in [0.29, 0.717) is 16.7 Å². The number of hydrogen-bond donors (Lipinski definition) is 1. The Hall–Kier alpha value is -1.76. The van der Waals surface area contributed by atoms with Crippen LogP contribution in [0.15, 0.2) is 29.4 Å². The van der Waals surface area contributed by atoms with Crippen LogP contribution in [0.5, 0.6) is 5.75 Å². The zero-order valence-corrected chi connectivity index (χ0v) is 12.1. The van der Waals surface area contributed by atoms with Crippen molar-refractivity contribution in [3.8, 4) is 5.75 Å². The fourth-order valence-corrected chi connectivity index (χ4v) is 2.45. The zero-order valence-electron chi connectivity index (χ0n) is 11.3. The van der Waals surface area contributed by atoms with Crippen molar-refractivity contribution < 1.29 is 9.13 Å². The molecule has 0 amide bonds. The number of rotatable bonds is 7. The average molecular weight is 296 g/mol. The predicted molar refractivity (Wildman–Crippen MR) is 76.5 cm³/mol. The smallest absolute Gasteiger partial charge is 0.209 e. The number of thioether (sulfide) groups is 1. The maximum absolute atomic E-state index is 12.8. The largest absolute Gasteiger partial charge is 0.486 e. The number of unbranched alkanes of at least 4 members (excludes halogenated alkanes) is 1. The Labute approximate surface area is 121 Å². The summed E-state index contributed by atoms with van der Waals surface area (Å²) in [4.78, 5) is 0. The molecule has 20 heavy (non-hydrogen) atoms. The molecule has 0 unspecified atom stereocenters. The van der Waals surface area contributed by atoms with Crippen LogP contribution in [0.2, 0.25) is 0 Å². The molecule has 7 heteroatoms. The third-order valence-corrected chi connectivity index (χ3v) is 3.68. The van der Waals surface area contributed by atoms with Crippen LogP contribution in [0, 0.1) is 5.82 Å². The summed E-state index contributed by atoms with van der Waals surface area (Å²) in [5.41, 5.74) is 0. The van der Waals surface area contributed by atoms with Crippen LogP contribution >= 0.6 is 11.8 Å². The molecule has 2 N–H and O–H groups in total. The van der Waals surface area contributed by atoms with Crippen molar-refractivity contribution >= 4 is 11.8 Å². The molecule has 0 aliphatic rings. The van der Waals surface area contributed by atoms with E-state index in [-0.39, 0.29) is 12.4 Å². The van der Waals surface area contributed by atoms with E-state index < -0.39 is 0 Å². The molecular weight excluding hydrogens is 279 g/mol. The topological polar surface area (TPSA) is 66.0 Å². The van der Waals surface area contributed by atoms with Gasteiger partial charge in [0, 0.05) is 5.75 Å². The molecule has 0 saturated carbocycles. The molecule has 108 valence electrons. The van der Waals surface area contributed by atoms with Crippen LogP contribution in [0.25, 0.3) is 0 Å². The summed E-state index contributed by atoms with van der Waals surface area (Å²) >= 11 is 1.58. The zero-order chi connectivity index (χ0) is 14.4. The molecule has 1 heterocycles. The van der Waals surface area contributed by atoms with Crippen molar-refractivity contribution in [2.75, 3.05) is 11.6 Å². The van der Waals surface area contributed by atoms with Gasteiger partial charge >= 0.3 is 0 Å². The Morgan fingerprint density at radius 3 is 2.75 bits per heavy atom. The summed E-state index contributed by atoms with van der Waals surface area (Å²) in [6.07, 6.45) is 2.24. The van der Waals surface area contributed by atoms with E-state index in [1.165, 1.54) is 16.8 Å². The molecule has 0 atom stereocenters. The van der Waals surface area contributed by atoms with E-state index in [4.69, 9.17) is 10.6 Å². The van der Waals surface area contributed by atoms with Crippen LogP contribution < -0.4 is 10.6 Å². The lowest BCUT2D eigenvalue weighted by molar-refractivity contribution is 0.291. The molecule has 0 bridgehead atoms. The lowest BCUT2D eigenvalue weighted by atomic mass is 10.3. The van der Waals surface area contributed by atoms with Crippen molar-refractivity contribution in [2.24, 2.45) is 0 Å². The predicted octanol–water partition coefficient (Wildman–Crippen LogP) is 2.60. The van der Waals surface area contributed by atoms with E-state index in [1.807, 2.05) is 0 Å². The minimum atomic E-state index is -0.297. The lowest BCUT2D eigenvalue weighted by Gasteiger charge is -2.06. The quantitative estimate of drug-likeness (QED) is 0.483. The summed E-state index contributed by atoms with van der Waals surface area (Å²) in [6, 6.07) is 5.80. The molecule has 0 fully saturated rings. The molecule has 5 nitrogen and oxygen atoms in total. The van der Waals surface area contributed by atoms with Crippen LogP contribution in [-0.2, 0) is 6.61 Å². The summed E-state index contributed by atoms with van der Waals surface area (Å²) in [7, 11) is 0. The van der Waals surface area contributed by atoms with Gasteiger partial charge in [-0.1, -0.05) is 25.1 Å². The molecule has 0 spiro atoms.